The first-order chi connectivity index (χ1) is 16.9. The summed E-state index contributed by atoms with van der Waals surface area (Å²) in [6.07, 6.45) is 2.79. The fourth-order valence-electron chi connectivity index (χ4n) is 3.58. The summed E-state index contributed by atoms with van der Waals surface area (Å²) in [6.45, 7) is 8.75. The molecule has 35 heavy (non-hydrogen) atoms. The molecule has 0 atom stereocenters. The van der Waals surface area contributed by atoms with Crippen molar-refractivity contribution in [2.75, 3.05) is 17.6 Å². The number of nitrogens with zero attached hydrogens (tertiary/aromatic N) is 5. The number of aryl methyl sites for hydroxylation is 1. The smallest absolute Gasteiger partial charge is 0.257 e. The van der Waals surface area contributed by atoms with E-state index >= 15 is 0 Å². The summed E-state index contributed by atoms with van der Waals surface area (Å²) < 4.78 is 7.10. The first kappa shape index (κ1) is 25.0. The average Bonchev–Trinajstić information content (AvgIpc) is 3.41. The number of rotatable bonds is 10. The van der Waals surface area contributed by atoms with Crippen molar-refractivity contribution in [3.63, 3.8) is 0 Å². The van der Waals surface area contributed by atoms with Gasteiger partial charge in [-0.3, -0.25) is 4.79 Å². The number of carbonyl (C=O) groups is 1. The van der Waals surface area contributed by atoms with Crippen LogP contribution >= 0.6 is 23.4 Å². The molecule has 0 saturated heterocycles. The molecule has 0 bridgehead atoms. The van der Waals surface area contributed by atoms with Crippen LogP contribution in [0.25, 0.3) is 22.3 Å². The number of nitrogens with one attached hydrogen (secondary N) is 2. The van der Waals surface area contributed by atoms with Gasteiger partial charge in [-0.15, -0.1) is 0 Å². The average molecular weight is 514 g/mol. The Bertz CT molecular complexity index is 1330. The lowest BCUT2D eigenvalue weighted by Crippen LogP contribution is -2.28. The summed E-state index contributed by atoms with van der Waals surface area (Å²) in [5.41, 5.74) is 2.17. The van der Waals surface area contributed by atoms with Crippen molar-refractivity contribution in [3.8, 4) is 11.3 Å². The van der Waals surface area contributed by atoms with E-state index in [9.17, 15) is 4.79 Å². The lowest BCUT2D eigenvalue weighted by Gasteiger charge is -2.12. The number of benzene rings is 1. The standard InChI is InChI=1S/C24H28ClN7O2S/c1-5-12-35-24-29-21(28-14(2)3)17-13-27-32(22(17)30-24)11-10-26-23(33)19-15(4)34-31-20(19)16-8-6-7-9-18(16)25/h6-9,13-14H,5,10-12H2,1-4H3,(H,26,33)(H,28,29,30). The Morgan fingerprint density at radius 3 is 2.80 bits per heavy atom. The fourth-order valence-corrected chi connectivity index (χ4v) is 4.50. The Kier molecular flexibility index (Phi) is 7.92. The summed E-state index contributed by atoms with van der Waals surface area (Å²) in [5.74, 6) is 1.84. The highest BCUT2D eigenvalue weighted by atomic mass is 35.5. The molecule has 9 nitrogen and oxygen atoms in total. The number of halogens is 1. The van der Waals surface area contributed by atoms with Gasteiger partial charge in [-0.1, -0.05) is 53.6 Å². The minimum atomic E-state index is -0.286. The maximum Gasteiger partial charge on any atom is 0.257 e. The molecule has 1 aromatic carbocycles. The molecule has 1 amide bonds. The second kappa shape index (κ2) is 11.1. The molecule has 2 N–H and O–H groups in total. The lowest BCUT2D eigenvalue weighted by atomic mass is 10.1. The fraction of sp³-hybridized carbons (Fsp3) is 0.375. The largest absolute Gasteiger partial charge is 0.367 e. The normalized spacial score (nSPS) is 11.4. The third-order valence-corrected chi connectivity index (χ3v) is 6.55. The molecule has 0 saturated carbocycles. The van der Waals surface area contributed by atoms with Gasteiger partial charge < -0.3 is 15.2 Å². The van der Waals surface area contributed by atoms with Crippen LogP contribution in [0, 0.1) is 6.92 Å². The summed E-state index contributed by atoms with van der Waals surface area (Å²) in [4.78, 5) is 22.5. The summed E-state index contributed by atoms with van der Waals surface area (Å²) >= 11 is 7.93. The van der Waals surface area contributed by atoms with Crippen LogP contribution in [-0.4, -0.2) is 49.2 Å². The van der Waals surface area contributed by atoms with E-state index in [1.165, 1.54) is 0 Å². The van der Waals surface area contributed by atoms with E-state index in [-0.39, 0.29) is 11.9 Å². The van der Waals surface area contributed by atoms with Gasteiger partial charge in [0.05, 0.1) is 23.2 Å². The molecule has 3 aromatic heterocycles. The van der Waals surface area contributed by atoms with Crippen LogP contribution in [0.4, 0.5) is 5.82 Å². The Labute approximate surface area is 213 Å². The zero-order valence-electron chi connectivity index (χ0n) is 20.1. The van der Waals surface area contributed by atoms with Gasteiger partial charge in [0.1, 0.15) is 22.8 Å². The number of hydrogen-bond acceptors (Lipinski definition) is 8. The van der Waals surface area contributed by atoms with Gasteiger partial charge in [0, 0.05) is 23.9 Å². The summed E-state index contributed by atoms with van der Waals surface area (Å²) in [6, 6.07) is 7.45. The lowest BCUT2D eigenvalue weighted by molar-refractivity contribution is 0.0951. The first-order valence-electron chi connectivity index (χ1n) is 11.5. The third kappa shape index (κ3) is 5.59. The molecule has 0 aliphatic heterocycles. The van der Waals surface area contributed by atoms with E-state index < -0.39 is 0 Å². The van der Waals surface area contributed by atoms with Crippen LogP contribution in [0.2, 0.25) is 5.02 Å². The number of hydrogen-bond donors (Lipinski definition) is 2. The quantitative estimate of drug-likeness (QED) is 0.220. The van der Waals surface area contributed by atoms with Crippen molar-refractivity contribution >= 4 is 46.1 Å². The highest BCUT2D eigenvalue weighted by Crippen LogP contribution is 2.31. The number of fused-ring (bicyclic) bond motifs is 1. The molecule has 0 aliphatic carbocycles. The monoisotopic (exact) mass is 513 g/mol. The van der Waals surface area contributed by atoms with E-state index in [0.29, 0.717) is 45.8 Å². The topological polar surface area (TPSA) is 111 Å². The maximum atomic E-state index is 13.0. The summed E-state index contributed by atoms with van der Waals surface area (Å²) in [5, 5.41) is 17.0. The van der Waals surface area contributed by atoms with E-state index in [1.807, 2.05) is 18.2 Å². The third-order valence-electron chi connectivity index (χ3n) is 5.16. The number of aromatic nitrogens is 5. The van der Waals surface area contributed by atoms with Crippen LogP contribution in [0.1, 0.15) is 43.3 Å². The van der Waals surface area contributed by atoms with Crippen molar-refractivity contribution in [1.82, 2.24) is 30.2 Å². The molecule has 3 heterocycles. The van der Waals surface area contributed by atoms with E-state index in [4.69, 9.17) is 21.1 Å². The van der Waals surface area contributed by atoms with Crippen LogP contribution in [0.5, 0.6) is 0 Å². The van der Waals surface area contributed by atoms with Gasteiger partial charge in [0.25, 0.3) is 5.91 Å². The zero-order chi connectivity index (χ0) is 24.9. The Morgan fingerprint density at radius 1 is 1.26 bits per heavy atom. The zero-order valence-corrected chi connectivity index (χ0v) is 21.7. The van der Waals surface area contributed by atoms with Crippen molar-refractivity contribution < 1.29 is 9.32 Å². The second-order valence-corrected chi connectivity index (χ2v) is 9.77. The van der Waals surface area contributed by atoms with Crippen LogP contribution < -0.4 is 10.6 Å². The maximum absolute atomic E-state index is 13.0. The van der Waals surface area contributed by atoms with Gasteiger partial charge >= 0.3 is 0 Å². The first-order valence-corrected chi connectivity index (χ1v) is 12.9. The molecule has 0 spiro atoms. The van der Waals surface area contributed by atoms with Crippen LogP contribution in [0.15, 0.2) is 40.1 Å². The molecule has 4 aromatic rings. The molecule has 11 heteroatoms. The van der Waals surface area contributed by atoms with Gasteiger partial charge in [0.15, 0.2) is 10.8 Å². The minimum Gasteiger partial charge on any atom is -0.367 e. The van der Waals surface area contributed by atoms with Crippen LogP contribution in [0.3, 0.4) is 0 Å². The van der Waals surface area contributed by atoms with Gasteiger partial charge in [-0.05, 0) is 33.3 Å². The van der Waals surface area contributed by atoms with Gasteiger partial charge in [-0.2, -0.15) is 5.10 Å². The predicted octanol–water partition coefficient (Wildman–Crippen LogP) is 5.20. The van der Waals surface area contributed by atoms with Crippen molar-refractivity contribution in [2.24, 2.45) is 0 Å². The molecule has 4 rings (SSSR count). The Hall–Kier alpha value is -3.11. The number of anilines is 1. The molecular weight excluding hydrogens is 486 g/mol. The molecule has 0 radical (unpaired) electrons. The molecular formula is C24H28ClN7O2S. The molecule has 184 valence electrons. The molecule has 0 fully saturated rings. The van der Waals surface area contributed by atoms with Crippen LogP contribution in [-0.2, 0) is 6.54 Å². The second-order valence-electron chi connectivity index (χ2n) is 8.31. The number of thioether (sulfide) groups is 1. The SMILES string of the molecule is CCCSc1nc(NC(C)C)c2cnn(CCNC(=O)c3c(-c4ccccc4Cl)noc3C)c2n1. The van der Waals surface area contributed by atoms with Gasteiger partial charge in [0.2, 0.25) is 0 Å². The number of amides is 1. The molecule has 0 aliphatic rings. The number of carbonyl (C=O) groups excluding carboxylic acids is 1. The Balaban J connectivity index is 1.52. The van der Waals surface area contributed by atoms with Gasteiger partial charge in [-0.25, -0.2) is 14.6 Å². The van der Waals surface area contributed by atoms with Crippen molar-refractivity contribution in [3.05, 3.63) is 46.8 Å². The predicted molar refractivity (Wildman–Crippen MR) is 139 cm³/mol. The van der Waals surface area contributed by atoms with E-state index in [0.717, 1.165) is 29.0 Å². The molecule has 0 unspecified atom stereocenters. The summed E-state index contributed by atoms with van der Waals surface area (Å²) in [7, 11) is 0. The van der Waals surface area contributed by atoms with E-state index in [2.05, 4.69) is 46.6 Å². The highest BCUT2D eigenvalue weighted by molar-refractivity contribution is 7.99. The van der Waals surface area contributed by atoms with Crippen molar-refractivity contribution in [2.45, 2.75) is 51.9 Å². The highest BCUT2D eigenvalue weighted by Gasteiger charge is 2.23. The van der Waals surface area contributed by atoms with E-state index in [1.54, 1.807) is 35.6 Å². The minimum absolute atomic E-state index is 0.221. The van der Waals surface area contributed by atoms with Crippen molar-refractivity contribution in [1.29, 1.82) is 0 Å². The Morgan fingerprint density at radius 2 is 2.06 bits per heavy atom.